The minimum atomic E-state index is -3.34. The first-order valence-electron chi connectivity index (χ1n) is 5.59. The van der Waals surface area contributed by atoms with Crippen molar-refractivity contribution in [3.63, 3.8) is 0 Å². The Bertz CT molecular complexity index is 426. The molecule has 0 unspecified atom stereocenters. The fourth-order valence-electron chi connectivity index (χ4n) is 1.38. The molecule has 5 heteroatoms. The lowest BCUT2D eigenvalue weighted by Crippen LogP contribution is -2.00. The first-order chi connectivity index (χ1) is 7.97. The van der Waals surface area contributed by atoms with Gasteiger partial charge in [-0.1, -0.05) is 17.7 Å². The lowest BCUT2D eigenvalue weighted by atomic mass is 10.2. The van der Waals surface area contributed by atoms with Crippen LogP contribution < -0.4 is 4.74 Å². The van der Waals surface area contributed by atoms with E-state index >= 15 is 0 Å². The lowest BCUT2D eigenvalue weighted by Gasteiger charge is -2.05. The summed E-state index contributed by atoms with van der Waals surface area (Å²) in [7, 11) is 1.76. The largest absolute Gasteiger partial charge is 0.494 e. The van der Waals surface area contributed by atoms with Gasteiger partial charge in [-0.05, 0) is 38.3 Å². The van der Waals surface area contributed by atoms with Crippen LogP contribution in [0.1, 0.15) is 24.8 Å². The second kappa shape index (κ2) is 6.87. The molecule has 0 atom stereocenters. The molecule has 0 amide bonds. The first-order valence-corrected chi connectivity index (χ1v) is 8.07. The van der Waals surface area contributed by atoms with Crippen molar-refractivity contribution in [2.45, 2.75) is 26.2 Å². The summed E-state index contributed by atoms with van der Waals surface area (Å²) in [6.45, 7) is 2.63. The third kappa shape index (κ3) is 7.23. The van der Waals surface area contributed by atoms with E-state index in [0.717, 1.165) is 18.6 Å². The molecule has 0 saturated carbocycles. The van der Waals surface area contributed by atoms with E-state index in [0.29, 0.717) is 13.0 Å². The Hall–Kier alpha value is -0.740. The predicted molar refractivity (Wildman–Crippen MR) is 70.2 cm³/mol. The van der Waals surface area contributed by atoms with Gasteiger partial charge in [0.1, 0.15) is 5.75 Å². The molecule has 1 aromatic rings. The molecular weight excluding hydrogens is 260 g/mol. The van der Waals surface area contributed by atoms with Crippen molar-refractivity contribution in [3.05, 3.63) is 29.8 Å². The molecular formula is C12H17ClO3S. The maximum atomic E-state index is 10.7. The summed E-state index contributed by atoms with van der Waals surface area (Å²) in [5, 5.41) is 0. The van der Waals surface area contributed by atoms with E-state index < -0.39 is 9.05 Å². The van der Waals surface area contributed by atoms with Crippen molar-refractivity contribution >= 4 is 19.7 Å². The molecule has 0 aliphatic heterocycles. The molecule has 1 aromatic carbocycles. The zero-order valence-electron chi connectivity index (χ0n) is 9.86. The molecule has 0 fully saturated rings. The van der Waals surface area contributed by atoms with Gasteiger partial charge in [-0.25, -0.2) is 8.42 Å². The van der Waals surface area contributed by atoms with Crippen LogP contribution >= 0.6 is 10.7 Å². The fraction of sp³-hybridized carbons (Fsp3) is 0.500. The highest BCUT2D eigenvalue weighted by atomic mass is 35.7. The van der Waals surface area contributed by atoms with Crippen molar-refractivity contribution in [2.24, 2.45) is 0 Å². The zero-order valence-corrected chi connectivity index (χ0v) is 11.4. The Labute approximate surface area is 107 Å². The normalized spacial score (nSPS) is 11.4. The molecule has 0 aromatic heterocycles. The Morgan fingerprint density at radius 3 is 2.35 bits per heavy atom. The van der Waals surface area contributed by atoms with Gasteiger partial charge in [0.2, 0.25) is 9.05 Å². The number of halogens is 1. The molecule has 0 radical (unpaired) electrons. The summed E-state index contributed by atoms with van der Waals surface area (Å²) in [5.74, 6) is 0.889. The van der Waals surface area contributed by atoms with E-state index in [-0.39, 0.29) is 5.75 Å². The highest BCUT2D eigenvalue weighted by molar-refractivity contribution is 8.13. The number of unbranched alkanes of at least 4 members (excludes halogenated alkanes) is 2. The molecule has 0 aliphatic rings. The molecule has 17 heavy (non-hydrogen) atoms. The maximum Gasteiger partial charge on any atom is 0.232 e. The molecule has 96 valence electrons. The summed E-state index contributed by atoms with van der Waals surface area (Å²) < 4.78 is 26.8. The van der Waals surface area contributed by atoms with Gasteiger partial charge < -0.3 is 4.74 Å². The van der Waals surface area contributed by atoms with Crippen LogP contribution in [0.2, 0.25) is 0 Å². The molecule has 0 N–H and O–H groups in total. The third-order valence-electron chi connectivity index (χ3n) is 2.32. The topological polar surface area (TPSA) is 43.4 Å². The van der Waals surface area contributed by atoms with Crippen LogP contribution in [0.15, 0.2) is 24.3 Å². The minimum absolute atomic E-state index is 0.0408. The Morgan fingerprint density at radius 2 is 1.76 bits per heavy atom. The quantitative estimate of drug-likeness (QED) is 0.568. The smallest absolute Gasteiger partial charge is 0.232 e. The minimum Gasteiger partial charge on any atom is -0.494 e. The standard InChI is InChI=1S/C12H17ClO3S/c1-11-5-7-12(8-6-11)16-9-3-2-4-10-17(13,14)15/h5-8H,2-4,9-10H2,1H3. The molecule has 0 aliphatic carbocycles. The van der Waals surface area contributed by atoms with E-state index in [4.69, 9.17) is 15.4 Å². The molecule has 0 heterocycles. The Balaban J connectivity index is 2.10. The van der Waals surface area contributed by atoms with Crippen molar-refractivity contribution in [2.75, 3.05) is 12.4 Å². The predicted octanol–water partition coefficient (Wildman–Crippen LogP) is 3.11. The van der Waals surface area contributed by atoms with Gasteiger partial charge in [-0.2, -0.15) is 0 Å². The van der Waals surface area contributed by atoms with E-state index in [1.54, 1.807) is 0 Å². The second-order valence-electron chi connectivity index (χ2n) is 3.97. The SMILES string of the molecule is Cc1ccc(OCCCCCS(=O)(=O)Cl)cc1. The summed E-state index contributed by atoms with van der Waals surface area (Å²) in [5.41, 5.74) is 1.20. The number of hydrogen-bond acceptors (Lipinski definition) is 3. The van der Waals surface area contributed by atoms with Crippen LogP contribution in [0.4, 0.5) is 0 Å². The van der Waals surface area contributed by atoms with Gasteiger partial charge in [0, 0.05) is 10.7 Å². The van der Waals surface area contributed by atoms with Crippen molar-refractivity contribution in [1.82, 2.24) is 0 Å². The Morgan fingerprint density at radius 1 is 1.12 bits per heavy atom. The fourth-order valence-corrected chi connectivity index (χ4v) is 2.25. The van der Waals surface area contributed by atoms with E-state index in [1.165, 1.54) is 5.56 Å². The zero-order chi connectivity index (χ0) is 12.7. The number of ether oxygens (including phenoxy) is 1. The number of hydrogen-bond donors (Lipinski definition) is 0. The monoisotopic (exact) mass is 276 g/mol. The van der Waals surface area contributed by atoms with E-state index in [2.05, 4.69) is 0 Å². The highest BCUT2D eigenvalue weighted by Crippen LogP contribution is 2.12. The first kappa shape index (κ1) is 14.3. The second-order valence-corrected chi connectivity index (χ2v) is 6.86. The third-order valence-corrected chi connectivity index (χ3v) is 3.56. The van der Waals surface area contributed by atoms with Crippen molar-refractivity contribution < 1.29 is 13.2 Å². The molecule has 0 spiro atoms. The van der Waals surface area contributed by atoms with Gasteiger partial charge in [0.25, 0.3) is 0 Å². The van der Waals surface area contributed by atoms with Gasteiger partial charge >= 0.3 is 0 Å². The average molecular weight is 277 g/mol. The molecule has 0 saturated heterocycles. The lowest BCUT2D eigenvalue weighted by molar-refractivity contribution is 0.306. The summed E-state index contributed by atoms with van der Waals surface area (Å²) in [4.78, 5) is 0. The molecule has 0 bridgehead atoms. The van der Waals surface area contributed by atoms with Crippen LogP contribution in [0.25, 0.3) is 0 Å². The van der Waals surface area contributed by atoms with Crippen LogP contribution in [0.5, 0.6) is 5.75 Å². The van der Waals surface area contributed by atoms with Crippen LogP contribution in [0.3, 0.4) is 0 Å². The average Bonchev–Trinajstić information content (AvgIpc) is 2.24. The van der Waals surface area contributed by atoms with Crippen molar-refractivity contribution in [1.29, 1.82) is 0 Å². The maximum absolute atomic E-state index is 10.7. The van der Waals surface area contributed by atoms with E-state index in [9.17, 15) is 8.42 Å². The molecule has 3 nitrogen and oxygen atoms in total. The van der Waals surface area contributed by atoms with Crippen LogP contribution in [-0.2, 0) is 9.05 Å². The van der Waals surface area contributed by atoms with Gasteiger partial charge in [-0.15, -0.1) is 0 Å². The van der Waals surface area contributed by atoms with Crippen LogP contribution in [0, 0.1) is 6.92 Å². The van der Waals surface area contributed by atoms with Crippen LogP contribution in [-0.4, -0.2) is 20.8 Å². The summed E-state index contributed by atoms with van der Waals surface area (Å²) in [6, 6.07) is 7.85. The number of aryl methyl sites for hydroxylation is 1. The van der Waals surface area contributed by atoms with Gasteiger partial charge in [-0.3, -0.25) is 0 Å². The van der Waals surface area contributed by atoms with Crippen molar-refractivity contribution in [3.8, 4) is 5.75 Å². The van der Waals surface area contributed by atoms with Gasteiger partial charge in [0.15, 0.2) is 0 Å². The number of rotatable bonds is 7. The summed E-state index contributed by atoms with van der Waals surface area (Å²) >= 11 is 0. The summed E-state index contributed by atoms with van der Waals surface area (Å²) in [6.07, 6.45) is 2.22. The van der Waals surface area contributed by atoms with E-state index in [1.807, 2.05) is 31.2 Å². The number of benzene rings is 1. The Kier molecular flexibility index (Phi) is 5.78. The molecule has 1 rings (SSSR count). The van der Waals surface area contributed by atoms with Gasteiger partial charge in [0.05, 0.1) is 12.4 Å². The highest BCUT2D eigenvalue weighted by Gasteiger charge is 2.03.